The number of benzene rings is 1. The summed E-state index contributed by atoms with van der Waals surface area (Å²) in [6.07, 6.45) is 1.24. The number of amides is 1. The quantitative estimate of drug-likeness (QED) is 0.855. The number of phenolic OH excluding ortho intramolecular Hbond substituents is 1. The van der Waals surface area contributed by atoms with Crippen molar-refractivity contribution in [3.05, 3.63) is 23.8 Å². The summed E-state index contributed by atoms with van der Waals surface area (Å²) in [5.41, 5.74) is 0.364. The standard InChI is InChI=1S/C13H15NO4/c1-18-12-5-4-9(7-11(12)16)13(17)14-6-2-3-10(15)8-14/h4-5,7,16H,2-3,6,8H2,1H3. The molecule has 1 amide bonds. The van der Waals surface area contributed by atoms with E-state index in [2.05, 4.69) is 0 Å². The van der Waals surface area contributed by atoms with E-state index in [4.69, 9.17) is 4.74 Å². The zero-order valence-corrected chi connectivity index (χ0v) is 10.2. The number of ether oxygens (including phenoxy) is 1. The SMILES string of the molecule is COc1ccc(C(=O)N2CCCC(=O)C2)cc1O. The van der Waals surface area contributed by atoms with Gasteiger partial charge in [-0.3, -0.25) is 9.59 Å². The van der Waals surface area contributed by atoms with Crippen molar-refractivity contribution in [2.45, 2.75) is 12.8 Å². The number of hydrogen-bond acceptors (Lipinski definition) is 4. The van der Waals surface area contributed by atoms with Gasteiger partial charge in [0.25, 0.3) is 5.91 Å². The molecule has 1 saturated heterocycles. The van der Waals surface area contributed by atoms with Crippen LogP contribution in [0, 0.1) is 0 Å². The van der Waals surface area contributed by atoms with Gasteiger partial charge in [0.15, 0.2) is 17.3 Å². The smallest absolute Gasteiger partial charge is 0.254 e. The van der Waals surface area contributed by atoms with Crippen molar-refractivity contribution < 1.29 is 19.4 Å². The molecule has 5 heteroatoms. The summed E-state index contributed by atoms with van der Waals surface area (Å²) in [6, 6.07) is 4.48. The van der Waals surface area contributed by atoms with Crippen molar-refractivity contribution >= 4 is 11.7 Å². The number of nitrogens with zero attached hydrogens (tertiary/aromatic N) is 1. The minimum absolute atomic E-state index is 0.0762. The lowest BCUT2D eigenvalue weighted by molar-refractivity contribution is -0.121. The molecule has 1 aromatic rings. The Morgan fingerprint density at radius 1 is 1.44 bits per heavy atom. The van der Waals surface area contributed by atoms with E-state index in [0.29, 0.717) is 30.7 Å². The maximum atomic E-state index is 12.1. The molecule has 1 N–H and O–H groups in total. The molecule has 1 fully saturated rings. The van der Waals surface area contributed by atoms with Crippen LogP contribution in [0.3, 0.4) is 0 Å². The van der Waals surface area contributed by atoms with Crippen LogP contribution in [0.15, 0.2) is 18.2 Å². The number of phenols is 1. The number of Topliss-reactive ketones (excluding diaryl/α,β-unsaturated/α-hetero) is 1. The van der Waals surface area contributed by atoms with E-state index in [1.807, 2.05) is 0 Å². The van der Waals surface area contributed by atoms with Gasteiger partial charge in [0.1, 0.15) is 0 Å². The van der Waals surface area contributed by atoms with Crippen LogP contribution in [0.2, 0.25) is 0 Å². The molecule has 0 unspecified atom stereocenters. The van der Waals surface area contributed by atoms with Crippen molar-refractivity contribution in [3.63, 3.8) is 0 Å². The Morgan fingerprint density at radius 3 is 2.83 bits per heavy atom. The zero-order valence-electron chi connectivity index (χ0n) is 10.2. The van der Waals surface area contributed by atoms with E-state index >= 15 is 0 Å². The minimum atomic E-state index is -0.235. The lowest BCUT2D eigenvalue weighted by Gasteiger charge is -2.25. The van der Waals surface area contributed by atoms with Crippen LogP contribution < -0.4 is 4.74 Å². The Hall–Kier alpha value is -2.04. The van der Waals surface area contributed by atoms with Crippen LogP contribution >= 0.6 is 0 Å². The summed E-state index contributed by atoms with van der Waals surface area (Å²) in [7, 11) is 1.44. The number of piperidine rings is 1. The number of rotatable bonds is 2. The zero-order chi connectivity index (χ0) is 13.1. The van der Waals surface area contributed by atoms with Gasteiger partial charge in [-0.15, -0.1) is 0 Å². The predicted molar refractivity (Wildman–Crippen MR) is 64.8 cm³/mol. The third kappa shape index (κ3) is 2.45. The third-order valence-electron chi connectivity index (χ3n) is 2.96. The van der Waals surface area contributed by atoms with Crippen LogP contribution in [0.1, 0.15) is 23.2 Å². The number of likely N-dealkylation sites (tertiary alicyclic amines) is 1. The van der Waals surface area contributed by atoms with E-state index in [1.54, 1.807) is 6.07 Å². The molecule has 5 nitrogen and oxygen atoms in total. The molecule has 0 aromatic heterocycles. The van der Waals surface area contributed by atoms with Crippen LogP contribution in [0.5, 0.6) is 11.5 Å². The molecule has 2 rings (SSSR count). The second-order valence-electron chi connectivity index (χ2n) is 4.26. The number of ketones is 1. The number of carbonyl (C=O) groups excluding carboxylic acids is 2. The highest BCUT2D eigenvalue weighted by atomic mass is 16.5. The largest absolute Gasteiger partial charge is 0.504 e. The fraction of sp³-hybridized carbons (Fsp3) is 0.385. The van der Waals surface area contributed by atoms with Gasteiger partial charge in [-0.1, -0.05) is 0 Å². The summed E-state index contributed by atoms with van der Waals surface area (Å²) in [5.74, 6) is 0.0845. The number of methoxy groups -OCH3 is 1. The normalized spacial score (nSPS) is 15.6. The predicted octanol–water partition coefficient (Wildman–Crippen LogP) is 1.21. The van der Waals surface area contributed by atoms with Gasteiger partial charge in [0, 0.05) is 18.5 Å². The molecule has 1 aromatic carbocycles. The van der Waals surface area contributed by atoms with Crippen molar-refractivity contribution in [2.75, 3.05) is 20.2 Å². The molecular weight excluding hydrogens is 234 g/mol. The summed E-state index contributed by atoms with van der Waals surface area (Å²) < 4.78 is 4.91. The highest BCUT2D eigenvalue weighted by Crippen LogP contribution is 2.27. The van der Waals surface area contributed by atoms with Gasteiger partial charge >= 0.3 is 0 Å². The van der Waals surface area contributed by atoms with Crippen molar-refractivity contribution in [2.24, 2.45) is 0 Å². The van der Waals surface area contributed by atoms with Crippen LogP contribution in [-0.2, 0) is 4.79 Å². The molecule has 0 atom stereocenters. The summed E-state index contributed by atoms with van der Waals surface area (Å²) in [6.45, 7) is 0.739. The molecule has 0 radical (unpaired) electrons. The van der Waals surface area contributed by atoms with Crippen molar-refractivity contribution in [3.8, 4) is 11.5 Å². The summed E-state index contributed by atoms with van der Waals surface area (Å²) >= 11 is 0. The first-order chi connectivity index (χ1) is 8.61. The minimum Gasteiger partial charge on any atom is -0.504 e. The Bertz CT molecular complexity index is 484. The first-order valence-electron chi connectivity index (χ1n) is 5.80. The molecule has 0 spiro atoms. The topological polar surface area (TPSA) is 66.8 Å². The van der Waals surface area contributed by atoms with Gasteiger partial charge in [-0.05, 0) is 24.6 Å². The van der Waals surface area contributed by atoms with E-state index in [0.717, 1.165) is 0 Å². The Balaban J connectivity index is 2.18. The van der Waals surface area contributed by atoms with Crippen LogP contribution in [0.4, 0.5) is 0 Å². The highest BCUT2D eigenvalue weighted by molar-refractivity contribution is 5.97. The molecule has 1 aliphatic heterocycles. The van der Waals surface area contributed by atoms with E-state index in [1.165, 1.54) is 24.1 Å². The van der Waals surface area contributed by atoms with E-state index in [-0.39, 0.29) is 24.0 Å². The number of carbonyl (C=O) groups is 2. The van der Waals surface area contributed by atoms with Gasteiger partial charge in [0.05, 0.1) is 13.7 Å². The van der Waals surface area contributed by atoms with Gasteiger partial charge in [-0.25, -0.2) is 0 Å². The molecule has 0 aliphatic carbocycles. The monoisotopic (exact) mass is 249 g/mol. The van der Waals surface area contributed by atoms with Crippen LogP contribution in [-0.4, -0.2) is 41.9 Å². The molecule has 0 bridgehead atoms. The lowest BCUT2D eigenvalue weighted by Crippen LogP contribution is -2.40. The fourth-order valence-electron chi connectivity index (χ4n) is 2.02. The summed E-state index contributed by atoms with van der Waals surface area (Å²) in [4.78, 5) is 24.9. The van der Waals surface area contributed by atoms with Gasteiger partial charge < -0.3 is 14.7 Å². The number of aromatic hydroxyl groups is 1. The van der Waals surface area contributed by atoms with Crippen molar-refractivity contribution in [1.82, 2.24) is 4.90 Å². The Kier molecular flexibility index (Phi) is 3.50. The van der Waals surface area contributed by atoms with E-state index < -0.39 is 0 Å². The second-order valence-corrected chi connectivity index (χ2v) is 4.26. The summed E-state index contributed by atoms with van der Waals surface area (Å²) in [5, 5.41) is 9.63. The first-order valence-corrected chi connectivity index (χ1v) is 5.80. The second kappa shape index (κ2) is 5.08. The third-order valence-corrected chi connectivity index (χ3v) is 2.96. The maximum absolute atomic E-state index is 12.1. The average molecular weight is 249 g/mol. The Labute approximate surface area is 105 Å². The van der Waals surface area contributed by atoms with Gasteiger partial charge in [-0.2, -0.15) is 0 Å². The first kappa shape index (κ1) is 12.4. The molecule has 18 heavy (non-hydrogen) atoms. The number of hydrogen-bond donors (Lipinski definition) is 1. The average Bonchev–Trinajstić information content (AvgIpc) is 2.37. The van der Waals surface area contributed by atoms with E-state index in [9.17, 15) is 14.7 Å². The molecule has 1 aliphatic rings. The van der Waals surface area contributed by atoms with Crippen molar-refractivity contribution in [1.29, 1.82) is 0 Å². The fourth-order valence-corrected chi connectivity index (χ4v) is 2.02. The maximum Gasteiger partial charge on any atom is 0.254 e. The molecule has 1 heterocycles. The highest BCUT2D eigenvalue weighted by Gasteiger charge is 2.23. The Morgan fingerprint density at radius 2 is 2.22 bits per heavy atom. The van der Waals surface area contributed by atoms with Crippen LogP contribution in [0.25, 0.3) is 0 Å². The van der Waals surface area contributed by atoms with Gasteiger partial charge in [0.2, 0.25) is 0 Å². The molecule has 0 saturated carbocycles. The molecular formula is C13H15NO4. The molecule has 96 valence electrons. The lowest BCUT2D eigenvalue weighted by atomic mass is 10.1.